The molecule has 3 aromatic carbocycles. The Morgan fingerprint density at radius 1 is 0.929 bits per heavy atom. The fraction of sp³-hybridized carbons (Fsp3) is 0.208. The Morgan fingerprint density at radius 2 is 1.64 bits per heavy atom. The largest absolute Gasteiger partial charge is 0.389 e. The molecule has 0 radical (unpaired) electrons. The molecule has 0 aliphatic carbocycles. The maximum atomic E-state index is 10.6. The second-order valence-corrected chi connectivity index (χ2v) is 7.02. The summed E-state index contributed by atoms with van der Waals surface area (Å²) in [7, 11) is 0. The number of aryl methyl sites for hydroxylation is 1. The zero-order valence-corrected chi connectivity index (χ0v) is 15.9. The van der Waals surface area contributed by atoms with Crippen molar-refractivity contribution < 1.29 is 9.84 Å². The van der Waals surface area contributed by atoms with Crippen LogP contribution in [-0.2, 0) is 11.3 Å². The molecule has 0 amide bonds. The van der Waals surface area contributed by atoms with Crippen LogP contribution in [0.15, 0.2) is 85.2 Å². The SMILES string of the molecule is Cc1ccccc1[C@@H](OC[C@H](O)Cn1cnc2ccccc21)c1ccccc1. The second kappa shape index (κ2) is 8.38. The highest BCUT2D eigenvalue weighted by Crippen LogP contribution is 2.28. The van der Waals surface area contributed by atoms with Crippen LogP contribution in [-0.4, -0.2) is 27.4 Å². The lowest BCUT2D eigenvalue weighted by Crippen LogP contribution is -2.23. The third-order valence-corrected chi connectivity index (χ3v) is 4.96. The zero-order chi connectivity index (χ0) is 19.3. The molecule has 28 heavy (non-hydrogen) atoms. The summed E-state index contributed by atoms with van der Waals surface area (Å²) in [4.78, 5) is 4.38. The number of hydrogen-bond donors (Lipinski definition) is 1. The Balaban J connectivity index is 1.50. The molecular weight excluding hydrogens is 348 g/mol. The number of hydrogen-bond acceptors (Lipinski definition) is 3. The van der Waals surface area contributed by atoms with E-state index in [1.165, 1.54) is 5.56 Å². The number of para-hydroxylation sites is 2. The van der Waals surface area contributed by atoms with E-state index in [4.69, 9.17) is 4.74 Å². The summed E-state index contributed by atoms with van der Waals surface area (Å²) >= 11 is 0. The van der Waals surface area contributed by atoms with Crippen LogP contribution in [0.25, 0.3) is 11.0 Å². The minimum Gasteiger partial charge on any atom is -0.389 e. The monoisotopic (exact) mass is 372 g/mol. The van der Waals surface area contributed by atoms with E-state index < -0.39 is 6.10 Å². The van der Waals surface area contributed by atoms with Crippen molar-refractivity contribution in [1.29, 1.82) is 0 Å². The molecule has 0 fully saturated rings. The minimum atomic E-state index is -0.632. The van der Waals surface area contributed by atoms with Crippen LogP contribution in [0.3, 0.4) is 0 Å². The van der Waals surface area contributed by atoms with Crippen molar-refractivity contribution in [3.8, 4) is 0 Å². The lowest BCUT2D eigenvalue weighted by Gasteiger charge is -2.22. The second-order valence-electron chi connectivity index (χ2n) is 7.02. The molecule has 0 bridgehead atoms. The van der Waals surface area contributed by atoms with Gasteiger partial charge in [-0.15, -0.1) is 0 Å². The van der Waals surface area contributed by atoms with Crippen molar-refractivity contribution in [2.24, 2.45) is 0 Å². The van der Waals surface area contributed by atoms with Gasteiger partial charge in [0.25, 0.3) is 0 Å². The maximum absolute atomic E-state index is 10.6. The Labute approximate surface area is 165 Å². The molecular formula is C24H24N2O2. The van der Waals surface area contributed by atoms with Gasteiger partial charge in [0, 0.05) is 0 Å². The number of fused-ring (bicyclic) bond motifs is 1. The summed E-state index contributed by atoms with van der Waals surface area (Å²) in [6.07, 6.45) is 0.925. The molecule has 0 saturated heterocycles. The van der Waals surface area contributed by atoms with Gasteiger partial charge in [-0.3, -0.25) is 0 Å². The Bertz CT molecular complexity index is 1040. The topological polar surface area (TPSA) is 47.3 Å². The molecule has 4 aromatic rings. The van der Waals surface area contributed by atoms with Crippen LogP contribution < -0.4 is 0 Å². The minimum absolute atomic E-state index is 0.211. The number of benzene rings is 3. The Morgan fingerprint density at radius 3 is 2.46 bits per heavy atom. The lowest BCUT2D eigenvalue weighted by molar-refractivity contribution is -0.000360. The number of ether oxygens (including phenoxy) is 1. The number of aliphatic hydroxyl groups excluding tert-OH is 1. The first-order chi connectivity index (χ1) is 13.7. The van der Waals surface area contributed by atoms with Gasteiger partial charge >= 0.3 is 0 Å². The first-order valence-corrected chi connectivity index (χ1v) is 9.52. The molecule has 4 nitrogen and oxygen atoms in total. The van der Waals surface area contributed by atoms with Gasteiger partial charge in [0.15, 0.2) is 0 Å². The summed E-state index contributed by atoms with van der Waals surface area (Å²) in [6.45, 7) is 2.76. The third kappa shape index (κ3) is 3.98. The molecule has 0 aliphatic heterocycles. The van der Waals surface area contributed by atoms with Gasteiger partial charge in [0.05, 0.1) is 36.6 Å². The summed E-state index contributed by atoms with van der Waals surface area (Å²) in [5.74, 6) is 0. The summed E-state index contributed by atoms with van der Waals surface area (Å²) in [5.41, 5.74) is 5.32. The number of imidazole rings is 1. The van der Waals surface area contributed by atoms with Crippen molar-refractivity contribution in [1.82, 2.24) is 9.55 Å². The Kier molecular flexibility index (Phi) is 5.51. The number of nitrogens with zero attached hydrogens (tertiary/aromatic N) is 2. The van der Waals surface area contributed by atoms with Gasteiger partial charge < -0.3 is 14.4 Å². The van der Waals surface area contributed by atoms with Crippen molar-refractivity contribution in [2.75, 3.05) is 6.61 Å². The Hall–Kier alpha value is -2.95. The predicted octanol–water partition coefficient (Wildman–Crippen LogP) is 4.51. The van der Waals surface area contributed by atoms with E-state index >= 15 is 0 Å². The van der Waals surface area contributed by atoms with Gasteiger partial charge in [-0.25, -0.2) is 4.98 Å². The molecule has 4 heteroatoms. The summed E-state index contributed by atoms with van der Waals surface area (Å²) in [5, 5.41) is 10.6. The highest BCUT2D eigenvalue weighted by molar-refractivity contribution is 5.74. The molecule has 0 spiro atoms. The summed E-state index contributed by atoms with van der Waals surface area (Å²) < 4.78 is 8.20. The molecule has 1 aromatic heterocycles. The third-order valence-electron chi connectivity index (χ3n) is 4.96. The molecule has 142 valence electrons. The smallest absolute Gasteiger partial charge is 0.108 e. The van der Waals surface area contributed by atoms with Gasteiger partial charge in [-0.05, 0) is 35.7 Å². The normalized spacial score (nSPS) is 13.5. The average Bonchev–Trinajstić information content (AvgIpc) is 3.13. The average molecular weight is 372 g/mol. The molecule has 2 atom stereocenters. The van der Waals surface area contributed by atoms with Crippen LogP contribution in [0.5, 0.6) is 0 Å². The fourth-order valence-electron chi connectivity index (χ4n) is 3.52. The van der Waals surface area contributed by atoms with E-state index in [0.29, 0.717) is 6.54 Å². The van der Waals surface area contributed by atoms with E-state index in [2.05, 4.69) is 36.2 Å². The lowest BCUT2D eigenvalue weighted by atomic mass is 9.97. The van der Waals surface area contributed by atoms with E-state index in [-0.39, 0.29) is 12.7 Å². The van der Waals surface area contributed by atoms with Gasteiger partial charge in [0.2, 0.25) is 0 Å². The van der Waals surface area contributed by atoms with E-state index in [1.54, 1.807) is 6.33 Å². The van der Waals surface area contributed by atoms with Gasteiger partial charge in [-0.2, -0.15) is 0 Å². The molecule has 1 N–H and O–H groups in total. The van der Waals surface area contributed by atoms with E-state index in [1.807, 2.05) is 59.2 Å². The van der Waals surface area contributed by atoms with Gasteiger partial charge in [0.1, 0.15) is 6.10 Å². The maximum Gasteiger partial charge on any atom is 0.108 e. The van der Waals surface area contributed by atoms with Crippen LogP contribution in [0, 0.1) is 6.92 Å². The van der Waals surface area contributed by atoms with Crippen LogP contribution in [0.2, 0.25) is 0 Å². The van der Waals surface area contributed by atoms with E-state index in [0.717, 1.165) is 22.2 Å². The van der Waals surface area contributed by atoms with Crippen molar-refractivity contribution in [2.45, 2.75) is 25.7 Å². The van der Waals surface area contributed by atoms with Crippen LogP contribution >= 0.6 is 0 Å². The van der Waals surface area contributed by atoms with Gasteiger partial charge in [-0.1, -0.05) is 66.7 Å². The number of rotatable bonds is 7. The van der Waals surface area contributed by atoms with Crippen molar-refractivity contribution >= 4 is 11.0 Å². The zero-order valence-electron chi connectivity index (χ0n) is 15.9. The highest BCUT2D eigenvalue weighted by Gasteiger charge is 2.18. The first kappa shape index (κ1) is 18.4. The standard InChI is InChI=1S/C24H24N2O2/c1-18-9-5-6-12-21(18)24(19-10-3-2-4-11-19)28-16-20(27)15-26-17-25-22-13-7-8-14-23(22)26/h2-14,17,20,24,27H,15-16H2,1H3/t20-,24+/m1/s1. The summed E-state index contributed by atoms with van der Waals surface area (Å²) in [6, 6.07) is 26.3. The van der Waals surface area contributed by atoms with E-state index in [9.17, 15) is 5.11 Å². The molecule has 1 heterocycles. The van der Waals surface area contributed by atoms with Crippen molar-refractivity contribution in [3.63, 3.8) is 0 Å². The molecule has 0 saturated carbocycles. The highest BCUT2D eigenvalue weighted by atomic mass is 16.5. The van der Waals surface area contributed by atoms with Crippen LogP contribution in [0.1, 0.15) is 22.8 Å². The molecule has 4 rings (SSSR count). The van der Waals surface area contributed by atoms with Crippen molar-refractivity contribution in [3.05, 3.63) is 102 Å². The molecule has 0 aliphatic rings. The fourth-order valence-corrected chi connectivity index (χ4v) is 3.52. The molecule has 0 unspecified atom stereocenters. The number of aromatic nitrogens is 2. The predicted molar refractivity (Wildman–Crippen MR) is 111 cm³/mol. The first-order valence-electron chi connectivity index (χ1n) is 9.52. The quantitative estimate of drug-likeness (QED) is 0.519. The number of aliphatic hydroxyl groups is 1. The van der Waals surface area contributed by atoms with Crippen LogP contribution in [0.4, 0.5) is 0 Å².